The van der Waals surface area contributed by atoms with Crippen LogP contribution in [0.4, 0.5) is 23.2 Å². The fourth-order valence-corrected chi connectivity index (χ4v) is 2.30. The molecule has 1 saturated heterocycles. The molecule has 0 aromatic heterocycles. The van der Waals surface area contributed by atoms with Crippen molar-refractivity contribution in [1.82, 2.24) is 0 Å². The molecule has 0 saturated carbocycles. The highest BCUT2D eigenvalue weighted by Crippen LogP contribution is 2.35. The van der Waals surface area contributed by atoms with Crippen LogP contribution in [-0.2, 0) is 11.0 Å². The van der Waals surface area contributed by atoms with Gasteiger partial charge in [0.25, 0.3) is 0 Å². The number of thiol groups is 1. The van der Waals surface area contributed by atoms with Crippen molar-refractivity contribution in [2.45, 2.75) is 12.6 Å². The smallest absolute Gasteiger partial charge is 0.312 e. The lowest BCUT2D eigenvalue weighted by Crippen LogP contribution is -2.25. The summed E-state index contributed by atoms with van der Waals surface area (Å²) >= 11 is 4.07. The molecule has 0 bridgehead atoms. The van der Waals surface area contributed by atoms with Crippen LogP contribution in [0.2, 0.25) is 0 Å². The third-order valence-corrected chi connectivity index (χ3v) is 3.55. The van der Waals surface area contributed by atoms with Crippen molar-refractivity contribution in [2.75, 3.05) is 17.2 Å². The summed E-state index contributed by atoms with van der Waals surface area (Å²) in [5.41, 5.74) is -1.28. The van der Waals surface area contributed by atoms with Gasteiger partial charge in [-0.15, -0.1) is 0 Å². The first kappa shape index (κ1) is 14.2. The molecule has 1 fully saturated rings. The van der Waals surface area contributed by atoms with Gasteiger partial charge >= 0.3 is 6.18 Å². The number of amides is 1. The average Bonchev–Trinajstić information content (AvgIpc) is 2.70. The fraction of sp³-hybridized carbons (Fsp3) is 0.417. The Bertz CT molecular complexity index is 503. The van der Waals surface area contributed by atoms with Gasteiger partial charge in [0.1, 0.15) is 5.82 Å². The molecule has 1 heterocycles. The molecule has 0 N–H and O–H groups in total. The third-order valence-electron chi connectivity index (χ3n) is 3.03. The van der Waals surface area contributed by atoms with Gasteiger partial charge in [0.05, 0.1) is 5.56 Å². The van der Waals surface area contributed by atoms with Crippen LogP contribution in [0.1, 0.15) is 12.0 Å². The first-order valence-electron chi connectivity index (χ1n) is 5.61. The zero-order valence-electron chi connectivity index (χ0n) is 9.75. The van der Waals surface area contributed by atoms with Crippen molar-refractivity contribution >= 4 is 24.2 Å². The highest BCUT2D eigenvalue weighted by molar-refractivity contribution is 7.80. The molecular formula is C12H11F4NOS. The highest BCUT2D eigenvalue weighted by atomic mass is 32.1. The molecule has 1 aliphatic heterocycles. The summed E-state index contributed by atoms with van der Waals surface area (Å²) in [6.45, 7) is 0.311. The van der Waals surface area contributed by atoms with Crippen LogP contribution in [0, 0.1) is 11.7 Å². The van der Waals surface area contributed by atoms with E-state index in [9.17, 15) is 22.4 Å². The Morgan fingerprint density at radius 3 is 2.58 bits per heavy atom. The summed E-state index contributed by atoms with van der Waals surface area (Å²) in [6.07, 6.45) is -4.52. The van der Waals surface area contributed by atoms with E-state index in [-0.39, 0.29) is 23.9 Å². The lowest BCUT2D eigenvalue weighted by atomic mass is 10.1. The van der Waals surface area contributed by atoms with Gasteiger partial charge in [-0.05, 0) is 29.9 Å². The molecule has 0 aliphatic carbocycles. The standard InChI is InChI=1S/C12H11F4NOS/c13-10-2-1-8(4-9(10)12(14,15)16)17-5-7(6-19)3-11(17)18/h1-2,4,7,19H,3,5-6H2. The van der Waals surface area contributed by atoms with Crippen molar-refractivity contribution in [3.63, 3.8) is 0 Å². The second-order valence-corrected chi connectivity index (χ2v) is 4.78. The molecule has 104 valence electrons. The fourth-order valence-electron chi connectivity index (χ4n) is 2.05. The van der Waals surface area contributed by atoms with E-state index in [1.165, 1.54) is 11.0 Å². The molecule has 2 rings (SSSR count). The van der Waals surface area contributed by atoms with E-state index in [0.717, 1.165) is 6.07 Å². The van der Waals surface area contributed by atoms with Crippen LogP contribution in [0.3, 0.4) is 0 Å². The molecule has 1 aromatic carbocycles. The first-order valence-corrected chi connectivity index (χ1v) is 6.24. The molecule has 2 nitrogen and oxygen atoms in total. The lowest BCUT2D eigenvalue weighted by Gasteiger charge is -2.18. The second kappa shape index (κ2) is 5.03. The van der Waals surface area contributed by atoms with E-state index in [1.54, 1.807) is 0 Å². The SMILES string of the molecule is O=C1CC(CS)CN1c1ccc(F)c(C(F)(F)F)c1. The van der Waals surface area contributed by atoms with Gasteiger partial charge in [0, 0.05) is 18.7 Å². The van der Waals surface area contributed by atoms with E-state index in [0.29, 0.717) is 18.4 Å². The summed E-state index contributed by atoms with van der Waals surface area (Å²) < 4.78 is 51.0. The number of hydrogen-bond acceptors (Lipinski definition) is 2. The first-order chi connectivity index (χ1) is 8.82. The van der Waals surface area contributed by atoms with Gasteiger partial charge in [0.15, 0.2) is 0 Å². The minimum atomic E-state index is -4.77. The Labute approximate surface area is 112 Å². The molecule has 0 spiro atoms. The molecule has 1 aromatic rings. The van der Waals surface area contributed by atoms with Gasteiger partial charge in [-0.2, -0.15) is 25.8 Å². The van der Waals surface area contributed by atoms with Crippen LogP contribution in [0.25, 0.3) is 0 Å². The number of hydrogen-bond donors (Lipinski definition) is 1. The van der Waals surface area contributed by atoms with E-state index in [1.807, 2.05) is 0 Å². The second-order valence-electron chi connectivity index (χ2n) is 4.42. The normalized spacial score (nSPS) is 20.2. The molecule has 1 unspecified atom stereocenters. The molecule has 1 atom stereocenters. The minimum absolute atomic E-state index is 0.00947. The van der Waals surface area contributed by atoms with E-state index >= 15 is 0 Å². The number of halogens is 4. The number of rotatable bonds is 2. The molecule has 0 radical (unpaired) electrons. The predicted octanol–water partition coefficient (Wildman–Crippen LogP) is 3.13. The van der Waals surface area contributed by atoms with Crippen molar-refractivity contribution in [3.8, 4) is 0 Å². The quantitative estimate of drug-likeness (QED) is 0.656. The van der Waals surface area contributed by atoms with E-state index in [2.05, 4.69) is 12.6 Å². The lowest BCUT2D eigenvalue weighted by molar-refractivity contribution is -0.140. The number of carbonyl (C=O) groups is 1. The van der Waals surface area contributed by atoms with Crippen LogP contribution in [0.5, 0.6) is 0 Å². The van der Waals surface area contributed by atoms with E-state index < -0.39 is 17.6 Å². The Balaban J connectivity index is 2.34. The molecule has 19 heavy (non-hydrogen) atoms. The molecule has 1 aliphatic rings. The monoisotopic (exact) mass is 293 g/mol. The minimum Gasteiger partial charge on any atom is -0.312 e. The maximum Gasteiger partial charge on any atom is 0.419 e. The average molecular weight is 293 g/mol. The Hall–Kier alpha value is -1.24. The van der Waals surface area contributed by atoms with Crippen molar-refractivity contribution in [2.24, 2.45) is 5.92 Å². The van der Waals surface area contributed by atoms with Crippen molar-refractivity contribution in [1.29, 1.82) is 0 Å². The Kier molecular flexibility index (Phi) is 3.75. The van der Waals surface area contributed by atoms with Crippen LogP contribution >= 0.6 is 12.6 Å². The maximum atomic E-state index is 13.2. The summed E-state index contributed by atoms with van der Waals surface area (Å²) in [4.78, 5) is 13.0. The molecule has 7 heteroatoms. The largest absolute Gasteiger partial charge is 0.419 e. The summed E-state index contributed by atoms with van der Waals surface area (Å²) in [7, 11) is 0. The zero-order valence-corrected chi connectivity index (χ0v) is 10.6. The number of nitrogens with zero attached hydrogens (tertiary/aromatic N) is 1. The van der Waals surface area contributed by atoms with Gasteiger partial charge in [-0.25, -0.2) is 4.39 Å². The maximum absolute atomic E-state index is 13.2. The van der Waals surface area contributed by atoms with Crippen LogP contribution < -0.4 is 4.90 Å². The zero-order chi connectivity index (χ0) is 14.2. The van der Waals surface area contributed by atoms with Gasteiger partial charge in [0.2, 0.25) is 5.91 Å². The third kappa shape index (κ3) is 2.86. The summed E-state index contributed by atoms with van der Waals surface area (Å²) in [5.74, 6) is -1.11. The molecule has 1 amide bonds. The highest BCUT2D eigenvalue weighted by Gasteiger charge is 2.36. The van der Waals surface area contributed by atoms with Crippen molar-refractivity contribution < 1.29 is 22.4 Å². The summed E-state index contributed by atoms with van der Waals surface area (Å²) in [6, 6.07) is 2.59. The van der Waals surface area contributed by atoms with E-state index in [4.69, 9.17) is 0 Å². The van der Waals surface area contributed by atoms with Gasteiger partial charge < -0.3 is 4.90 Å². The topological polar surface area (TPSA) is 20.3 Å². The van der Waals surface area contributed by atoms with Gasteiger partial charge in [-0.3, -0.25) is 4.79 Å². The predicted molar refractivity (Wildman–Crippen MR) is 65.7 cm³/mol. The Morgan fingerprint density at radius 2 is 2.05 bits per heavy atom. The van der Waals surface area contributed by atoms with Crippen LogP contribution in [0.15, 0.2) is 18.2 Å². The van der Waals surface area contributed by atoms with Crippen molar-refractivity contribution in [3.05, 3.63) is 29.6 Å². The van der Waals surface area contributed by atoms with Gasteiger partial charge in [-0.1, -0.05) is 0 Å². The number of anilines is 1. The molecular weight excluding hydrogens is 282 g/mol. The Morgan fingerprint density at radius 1 is 1.37 bits per heavy atom. The van der Waals surface area contributed by atoms with Crippen LogP contribution in [-0.4, -0.2) is 18.2 Å². The number of alkyl halides is 3. The number of benzene rings is 1. The number of carbonyl (C=O) groups excluding carboxylic acids is 1. The summed E-state index contributed by atoms with van der Waals surface area (Å²) in [5, 5.41) is 0.